The maximum atomic E-state index is 3.69. The molecule has 0 radical (unpaired) electrons. The van der Waals surface area contributed by atoms with Gasteiger partial charge in [-0.05, 0) is 42.4 Å². The van der Waals surface area contributed by atoms with Gasteiger partial charge in [-0.3, -0.25) is 0 Å². The first-order chi connectivity index (χ1) is 9.54. The van der Waals surface area contributed by atoms with E-state index in [0.717, 1.165) is 5.92 Å². The Labute approximate surface area is 124 Å². The fourth-order valence-corrected chi connectivity index (χ4v) is 2.98. The van der Waals surface area contributed by atoms with Crippen molar-refractivity contribution in [1.82, 2.24) is 4.90 Å². The third kappa shape index (κ3) is 4.52. The van der Waals surface area contributed by atoms with Crippen molar-refractivity contribution in [1.29, 1.82) is 0 Å². The molecular weight excluding hydrogens is 244 g/mol. The predicted octanol–water partition coefficient (Wildman–Crippen LogP) is 4.34. The summed E-state index contributed by atoms with van der Waals surface area (Å²) in [6.45, 7) is 12.8. The van der Waals surface area contributed by atoms with Crippen LogP contribution in [0.5, 0.6) is 0 Å². The molecule has 1 aliphatic rings. The molecule has 1 fully saturated rings. The highest BCUT2D eigenvalue weighted by Gasteiger charge is 2.19. The molecule has 20 heavy (non-hydrogen) atoms. The van der Waals surface area contributed by atoms with Crippen LogP contribution in [0.2, 0.25) is 0 Å². The van der Waals surface area contributed by atoms with Crippen LogP contribution in [-0.2, 0) is 0 Å². The lowest BCUT2D eigenvalue weighted by atomic mass is 10.0. The molecule has 2 nitrogen and oxygen atoms in total. The summed E-state index contributed by atoms with van der Waals surface area (Å²) in [7, 11) is 0. The van der Waals surface area contributed by atoms with Crippen molar-refractivity contribution in [3.05, 3.63) is 29.8 Å². The van der Waals surface area contributed by atoms with Crippen LogP contribution in [-0.4, -0.2) is 30.6 Å². The average molecular weight is 274 g/mol. The summed E-state index contributed by atoms with van der Waals surface area (Å²) in [5.74, 6) is 1.39. The Hall–Kier alpha value is -1.02. The number of hydrogen-bond acceptors (Lipinski definition) is 2. The summed E-state index contributed by atoms with van der Waals surface area (Å²) in [4.78, 5) is 2.60. The number of nitrogens with one attached hydrogen (secondary N) is 1. The summed E-state index contributed by atoms with van der Waals surface area (Å²) >= 11 is 0. The van der Waals surface area contributed by atoms with Gasteiger partial charge in [0.15, 0.2) is 0 Å². The Morgan fingerprint density at radius 3 is 2.15 bits per heavy atom. The van der Waals surface area contributed by atoms with E-state index in [-0.39, 0.29) is 0 Å². The maximum absolute atomic E-state index is 3.69. The van der Waals surface area contributed by atoms with Gasteiger partial charge in [0.25, 0.3) is 0 Å². The molecule has 1 heterocycles. The van der Waals surface area contributed by atoms with Crippen molar-refractivity contribution in [2.75, 3.05) is 25.0 Å². The van der Waals surface area contributed by atoms with Gasteiger partial charge in [-0.1, -0.05) is 39.8 Å². The SMILES string of the molecule is CC(C)CN1CCC(Nc2ccc(C(C)C)cc2)CC1. The number of likely N-dealkylation sites (tertiary alicyclic amines) is 1. The van der Waals surface area contributed by atoms with Gasteiger partial charge < -0.3 is 10.2 Å². The van der Waals surface area contributed by atoms with Gasteiger partial charge in [-0.2, -0.15) is 0 Å². The summed E-state index contributed by atoms with van der Waals surface area (Å²) in [5, 5.41) is 3.69. The molecule has 1 aromatic carbocycles. The molecule has 0 atom stereocenters. The third-order valence-electron chi connectivity index (χ3n) is 4.16. The Morgan fingerprint density at radius 2 is 1.65 bits per heavy atom. The van der Waals surface area contributed by atoms with Gasteiger partial charge in [0.1, 0.15) is 0 Å². The van der Waals surface area contributed by atoms with Crippen LogP contribution < -0.4 is 5.32 Å². The lowest BCUT2D eigenvalue weighted by molar-refractivity contribution is 0.198. The molecule has 2 rings (SSSR count). The summed E-state index contributed by atoms with van der Waals surface area (Å²) in [6, 6.07) is 9.61. The first-order valence-electron chi connectivity index (χ1n) is 8.13. The minimum Gasteiger partial charge on any atom is -0.382 e. The van der Waals surface area contributed by atoms with Crippen molar-refractivity contribution in [2.45, 2.75) is 52.5 Å². The Bertz CT molecular complexity index is 386. The number of hydrogen-bond donors (Lipinski definition) is 1. The van der Waals surface area contributed by atoms with E-state index in [2.05, 4.69) is 62.2 Å². The first-order valence-corrected chi connectivity index (χ1v) is 8.13. The van der Waals surface area contributed by atoms with E-state index in [0.29, 0.717) is 12.0 Å². The smallest absolute Gasteiger partial charge is 0.0342 e. The van der Waals surface area contributed by atoms with Gasteiger partial charge in [0.2, 0.25) is 0 Å². The molecule has 0 amide bonds. The second-order valence-corrected chi connectivity index (χ2v) is 6.89. The summed E-state index contributed by atoms with van der Waals surface area (Å²) in [6.07, 6.45) is 2.53. The van der Waals surface area contributed by atoms with E-state index in [4.69, 9.17) is 0 Å². The molecule has 0 spiro atoms. The molecule has 1 N–H and O–H groups in total. The monoisotopic (exact) mass is 274 g/mol. The van der Waals surface area contributed by atoms with Crippen LogP contribution in [0.4, 0.5) is 5.69 Å². The number of piperidine rings is 1. The highest BCUT2D eigenvalue weighted by atomic mass is 15.1. The van der Waals surface area contributed by atoms with Crippen molar-refractivity contribution >= 4 is 5.69 Å². The molecular formula is C18H30N2. The highest BCUT2D eigenvalue weighted by molar-refractivity contribution is 5.46. The molecule has 1 aromatic rings. The Kier molecular flexibility index (Phi) is 5.47. The van der Waals surface area contributed by atoms with Gasteiger partial charge in [0.05, 0.1) is 0 Å². The van der Waals surface area contributed by atoms with Gasteiger partial charge in [-0.15, -0.1) is 0 Å². The van der Waals surface area contributed by atoms with Crippen LogP contribution >= 0.6 is 0 Å². The largest absolute Gasteiger partial charge is 0.382 e. The minimum atomic E-state index is 0.614. The van der Waals surface area contributed by atoms with Crippen molar-refractivity contribution in [3.8, 4) is 0 Å². The van der Waals surface area contributed by atoms with Crippen LogP contribution in [0.15, 0.2) is 24.3 Å². The quantitative estimate of drug-likeness (QED) is 0.859. The second kappa shape index (κ2) is 7.12. The summed E-state index contributed by atoms with van der Waals surface area (Å²) in [5.41, 5.74) is 2.69. The van der Waals surface area contributed by atoms with Crippen LogP contribution in [0.3, 0.4) is 0 Å². The van der Waals surface area contributed by atoms with E-state index in [1.54, 1.807) is 0 Å². The molecule has 0 unspecified atom stereocenters. The Balaban J connectivity index is 1.80. The third-order valence-corrected chi connectivity index (χ3v) is 4.16. The molecule has 1 saturated heterocycles. The zero-order valence-corrected chi connectivity index (χ0v) is 13.5. The fraction of sp³-hybridized carbons (Fsp3) is 0.667. The maximum Gasteiger partial charge on any atom is 0.0342 e. The number of nitrogens with zero attached hydrogens (tertiary/aromatic N) is 1. The molecule has 112 valence electrons. The van der Waals surface area contributed by atoms with Crippen molar-refractivity contribution in [3.63, 3.8) is 0 Å². The topological polar surface area (TPSA) is 15.3 Å². The van der Waals surface area contributed by atoms with E-state index >= 15 is 0 Å². The van der Waals surface area contributed by atoms with E-state index in [9.17, 15) is 0 Å². The van der Waals surface area contributed by atoms with Crippen LogP contribution in [0.1, 0.15) is 52.0 Å². The van der Waals surface area contributed by atoms with Crippen molar-refractivity contribution in [2.24, 2.45) is 5.92 Å². The predicted molar refractivity (Wildman–Crippen MR) is 88.5 cm³/mol. The van der Waals surface area contributed by atoms with Gasteiger partial charge in [-0.25, -0.2) is 0 Å². The lowest BCUT2D eigenvalue weighted by Gasteiger charge is -2.33. The number of rotatable bonds is 5. The standard InChI is InChI=1S/C18H30N2/c1-14(2)13-20-11-9-18(10-12-20)19-17-7-5-16(6-8-17)15(3)4/h5-8,14-15,18-19H,9-13H2,1-4H3. The molecule has 0 saturated carbocycles. The molecule has 1 aliphatic heterocycles. The van der Waals surface area contributed by atoms with Crippen LogP contribution in [0, 0.1) is 5.92 Å². The molecule has 0 aliphatic carbocycles. The molecule has 2 heteroatoms. The minimum absolute atomic E-state index is 0.614. The lowest BCUT2D eigenvalue weighted by Crippen LogP contribution is -2.40. The van der Waals surface area contributed by atoms with E-state index in [1.807, 2.05) is 0 Å². The zero-order chi connectivity index (χ0) is 14.5. The number of anilines is 1. The second-order valence-electron chi connectivity index (χ2n) is 6.89. The van der Waals surface area contributed by atoms with E-state index < -0.39 is 0 Å². The Morgan fingerprint density at radius 1 is 1.05 bits per heavy atom. The van der Waals surface area contributed by atoms with E-state index in [1.165, 1.54) is 43.7 Å². The normalized spacial score (nSPS) is 17.9. The van der Waals surface area contributed by atoms with Crippen molar-refractivity contribution < 1.29 is 0 Å². The summed E-state index contributed by atoms with van der Waals surface area (Å²) < 4.78 is 0. The zero-order valence-electron chi connectivity index (χ0n) is 13.5. The highest BCUT2D eigenvalue weighted by Crippen LogP contribution is 2.20. The average Bonchev–Trinajstić information content (AvgIpc) is 2.41. The number of benzene rings is 1. The molecule has 0 aromatic heterocycles. The molecule has 0 bridgehead atoms. The van der Waals surface area contributed by atoms with Gasteiger partial charge >= 0.3 is 0 Å². The first kappa shape index (κ1) is 15.4. The van der Waals surface area contributed by atoms with Crippen LogP contribution in [0.25, 0.3) is 0 Å². The van der Waals surface area contributed by atoms with Gasteiger partial charge in [0, 0.05) is 31.4 Å². The fourth-order valence-electron chi connectivity index (χ4n) is 2.98.